The van der Waals surface area contributed by atoms with Crippen LogP contribution in [-0.4, -0.2) is 41.9 Å². The Hall–Kier alpha value is -2.33. The summed E-state index contributed by atoms with van der Waals surface area (Å²) in [6.07, 6.45) is 1.00. The van der Waals surface area contributed by atoms with E-state index in [1.54, 1.807) is 7.11 Å². The molecule has 1 amide bonds. The topological polar surface area (TPSA) is 32.8 Å². The van der Waals surface area contributed by atoms with E-state index >= 15 is 0 Å². The van der Waals surface area contributed by atoms with E-state index in [9.17, 15) is 4.79 Å². The Morgan fingerprint density at radius 1 is 0.960 bits per heavy atom. The molecule has 0 radical (unpaired) electrons. The van der Waals surface area contributed by atoms with Gasteiger partial charge in [-0.05, 0) is 29.7 Å². The maximum Gasteiger partial charge on any atom is 0.227 e. The number of carbonyl (C=O) groups is 1. The summed E-state index contributed by atoms with van der Waals surface area (Å²) in [5.74, 6) is 1.32. The van der Waals surface area contributed by atoms with Crippen molar-refractivity contribution in [2.75, 3.05) is 20.2 Å². The Labute approximate surface area is 149 Å². The average molecular weight is 336 g/mol. The first-order valence-electron chi connectivity index (χ1n) is 8.92. The predicted octanol–water partition coefficient (Wildman–Crippen LogP) is 2.93. The number of rotatable bonds is 5. The van der Waals surface area contributed by atoms with Crippen molar-refractivity contribution in [3.05, 3.63) is 65.7 Å². The molecular weight excluding hydrogens is 312 g/mol. The number of methoxy groups -OCH3 is 1. The van der Waals surface area contributed by atoms with Crippen molar-refractivity contribution in [2.24, 2.45) is 5.92 Å². The van der Waals surface area contributed by atoms with Gasteiger partial charge in [-0.3, -0.25) is 9.69 Å². The minimum absolute atomic E-state index is 0.153. The van der Waals surface area contributed by atoms with E-state index in [2.05, 4.69) is 46.2 Å². The van der Waals surface area contributed by atoms with E-state index < -0.39 is 0 Å². The summed E-state index contributed by atoms with van der Waals surface area (Å²) in [5, 5.41) is 0. The first-order valence-corrected chi connectivity index (χ1v) is 8.92. The number of benzene rings is 2. The van der Waals surface area contributed by atoms with Gasteiger partial charge in [0.05, 0.1) is 13.0 Å². The lowest BCUT2D eigenvalue weighted by Gasteiger charge is -2.32. The van der Waals surface area contributed by atoms with E-state index in [1.807, 2.05) is 18.2 Å². The average Bonchev–Trinajstić information content (AvgIpc) is 2.86. The monoisotopic (exact) mass is 336 g/mol. The summed E-state index contributed by atoms with van der Waals surface area (Å²) in [7, 11) is 1.67. The van der Waals surface area contributed by atoms with Crippen molar-refractivity contribution in [1.29, 1.82) is 0 Å². The molecule has 2 heterocycles. The number of fused-ring (bicyclic) bond motifs is 2. The molecule has 2 aliphatic rings. The second kappa shape index (κ2) is 6.89. The van der Waals surface area contributed by atoms with Crippen LogP contribution < -0.4 is 4.74 Å². The van der Waals surface area contributed by atoms with Crippen LogP contribution >= 0.6 is 0 Å². The van der Waals surface area contributed by atoms with Gasteiger partial charge in [0, 0.05) is 32.2 Å². The van der Waals surface area contributed by atoms with Crippen LogP contribution in [0.1, 0.15) is 17.5 Å². The van der Waals surface area contributed by atoms with Crippen molar-refractivity contribution in [2.45, 2.75) is 25.6 Å². The first-order chi connectivity index (χ1) is 12.2. The minimum atomic E-state index is 0.153. The lowest BCUT2D eigenvalue weighted by molar-refractivity contribution is -0.131. The molecule has 2 aliphatic heterocycles. The molecule has 2 atom stereocenters. The maximum atomic E-state index is 12.8. The summed E-state index contributed by atoms with van der Waals surface area (Å²) < 4.78 is 5.21. The molecule has 4 rings (SSSR count). The van der Waals surface area contributed by atoms with E-state index in [4.69, 9.17) is 4.74 Å². The molecule has 4 nitrogen and oxygen atoms in total. The van der Waals surface area contributed by atoms with Crippen LogP contribution in [-0.2, 0) is 17.9 Å². The lowest BCUT2D eigenvalue weighted by Crippen LogP contribution is -2.41. The molecular formula is C21H24N2O2. The summed E-state index contributed by atoms with van der Waals surface area (Å²) in [6, 6.07) is 18.9. The summed E-state index contributed by atoms with van der Waals surface area (Å²) in [6.45, 7) is 3.47. The van der Waals surface area contributed by atoms with Gasteiger partial charge in [-0.25, -0.2) is 0 Å². The molecule has 2 aromatic rings. The second-order valence-corrected chi connectivity index (χ2v) is 7.08. The highest BCUT2D eigenvalue weighted by Crippen LogP contribution is 2.33. The number of hydrogen-bond acceptors (Lipinski definition) is 3. The molecule has 2 aromatic carbocycles. The number of piperidine rings is 1. The lowest BCUT2D eigenvalue weighted by atomic mass is 9.99. The summed E-state index contributed by atoms with van der Waals surface area (Å²) in [4.78, 5) is 17.3. The molecule has 0 aromatic heterocycles. The van der Waals surface area contributed by atoms with Crippen molar-refractivity contribution < 1.29 is 9.53 Å². The van der Waals surface area contributed by atoms with Crippen LogP contribution in [0.2, 0.25) is 0 Å². The number of nitrogens with zero attached hydrogens (tertiary/aromatic N) is 2. The predicted molar refractivity (Wildman–Crippen MR) is 97.2 cm³/mol. The van der Waals surface area contributed by atoms with Crippen LogP contribution in [0.25, 0.3) is 0 Å². The maximum absolute atomic E-state index is 12.8. The molecule has 0 N–H and O–H groups in total. The fourth-order valence-electron chi connectivity index (χ4n) is 4.09. The fourth-order valence-corrected chi connectivity index (χ4v) is 4.09. The molecule has 25 heavy (non-hydrogen) atoms. The number of likely N-dealkylation sites (tertiary alicyclic amines) is 2. The third kappa shape index (κ3) is 3.40. The van der Waals surface area contributed by atoms with Crippen molar-refractivity contribution in [3.8, 4) is 5.75 Å². The molecule has 0 unspecified atom stereocenters. The van der Waals surface area contributed by atoms with Gasteiger partial charge in [-0.15, -0.1) is 0 Å². The zero-order valence-electron chi connectivity index (χ0n) is 14.6. The molecule has 2 fully saturated rings. The van der Waals surface area contributed by atoms with Gasteiger partial charge in [0.1, 0.15) is 5.75 Å². The van der Waals surface area contributed by atoms with Crippen LogP contribution in [0.4, 0.5) is 0 Å². The normalized spacial score (nSPS) is 23.1. The van der Waals surface area contributed by atoms with Crippen molar-refractivity contribution in [1.82, 2.24) is 9.80 Å². The Kier molecular flexibility index (Phi) is 4.45. The Balaban J connectivity index is 1.44. The quantitative estimate of drug-likeness (QED) is 0.842. The molecule has 2 saturated heterocycles. The Morgan fingerprint density at radius 2 is 1.68 bits per heavy atom. The van der Waals surface area contributed by atoms with Crippen LogP contribution in [0.5, 0.6) is 5.75 Å². The van der Waals surface area contributed by atoms with Crippen molar-refractivity contribution >= 4 is 5.91 Å². The van der Waals surface area contributed by atoms with E-state index in [1.165, 1.54) is 5.56 Å². The Morgan fingerprint density at radius 3 is 2.40 bits per heavy atom. The van der Waals surface area contributed by atoms with Gasteiger partial charge in [0.25, 0.3) is 0 Å². The Bertz CT molecular complexity index is 729. The number of amides is 1. The van der Waals surface area contributed by atoms with Crippen LogP contribution in [0, 0.1) is 5.92 Å². The summed E-state index contributed by atoms with van der Waals surface area (Å²) >= 11 is 0. The standard InChI is InChI=1S/C21H24N2O2/c1-25-20-9-7-17(8-10-20)13-23-19-11-18(21(23)24)14-22(15-19)12-16-5-3-2-4-6-16/h2-10,18-19H,11-15H2,1H3/t18-,19+/m1/s1. The van der Waals surface area contributed by atoms with Gasteiger partial charge in [0.15, 0.2) is 0 Å². The smallest absolute Gasteiger partial charge is 0.227 e. The minimum Gasteiger partial charge on any atom is -0.497 e. The van der Waals surface area contributed by atoms with Gasteiger partial charge < -0.3 is 9.64 Å². The van der Waals surface area contributed by atoms with E-state index in [-0.39, 0.29) is 5.92 Å². The van der Waals surface area contributed by atoms with Gasteiger partial charge in [-0.1, -0.05) is 42.5 Å². The fraction of sp³-hybridized carbons (Fsp3) is 0.381. The first kappa shape index (κ1) is 16.2. The molecule has 0 spiro atoms. The molecule has 4 heteroatoms. The van der Waals surface area contributed by atoms with Gasteiger partial charge in [0.2, 0.25) is 5.91 Å². The summed E-state index contributed by atoms with van der Waals surface area (Å²) in [5.41, 5.74) is 2.48. The number of ether oxygens (including phenoxy) is 1. The highest BCUT2D eigenvalue weighted by Gasteiger charge is 2.44. The zero-order chi connectivity index (χ0) is 17.2. The largest absolute Gasteiger partial charge is 0.497 e. The zero-order valence-corrected chi connectivity index (χ0v) is 14.6. The SMILES string of the molecule is COc1ccc(CN2C(=O)[C@@H]3C[C@H]2CN(Cc2ccccc2)C3)cc1. The highest BCUT2D eigenvalue weighted by atomic mass is 16.5. The third-order valence-corrected chi connectivity index (χ3v) is 5.34. The van der Waals surface area contributed by atoms with Gasteiger partial charge >= 0.3 is 0 Å². The highest BCUT2D eigenvalue weighted by molar-refractivity contribution is 5.82. The molecule has 130 valence electrons. The molecule has 0 saturated carbocycles. The molecule has 0 aliphatic carbocycles. The third-order valence-electron chi connectivity index (χ3n) is 5.34. The number of hydrogen-bond donors (Lipinski definition) is 0. The molecule has 2 bridgehead atoms. The van der Waals surface area contributed by atoms with E-state index in [0.717, 1.165) is 37.4 Å². The van der Waals surface area contributed by atoms with Crippen molar-refractivity contribution in [3.63, 3.8) is 0 Å². The van der Waals surface area contributed by atoms with Gasteiger partial charge in [-0.2, -0.15) is 0 Å². The van der Waals surface area contributed by atoms with Crippen LogP contribution in [0.3, 0.4) is 0 Å². The number of carbonyl (C=O) groups excluding carboxylic acids is 1. The van der Waals surface area contributed by atoms with E-state index in [0.29, 0.717) is 18.5 Å². The van der Waals surface area contributed by atoms with Crippen LogP contribution in [0.15, 0.2) is 54.6 Å². The second-order valence-electron chi connectivity index (χ2n) is 7.08.